The molecule has 0 saturated carbocycles. The van der Waals surface area contributed by atoms with Crippen molar-refractivity contribution < 1.29 is 4.74 Å². The van der Waals surface area contributed by atoms with Gasteiger partial charge >= 0.3 is 0 Å². The van der Waals surface area contributed by atoms with Crippen LogP contribution < -0.4 is 21.1 Å². The molecule has 152 valence electrons. The standard InChI is InChI=1S/C25H31N3O/c1-21(26)20-28-24-16-15-23(19-25(24)29-2)14-10-18-27-17-9-4-3-6-11-22-12-7-5-8-13-22/h3-10,12-16,19-20,27-28H,11,17-18,26H2,1-2H3/b6-3-,9-4+,14-10+,21-20-. The third-order valence-corrected chi connectivity index (χ3v) is 4.10. The Labute approximate surface area is 174 Å². The highest BCUT2D eigenvalue weighted by Crippen LogP contribution is 2.26. The van der Waals surface area contributed by atoms with Gasteiger partial charge in [0.1, 0.15) is 5.75 Å². The average Bonchev–Trinajstić information content (AvgIpc) is 2.74. The molecule has 0 fully saturated rings. The minimum absolute atomic E-state index is 0.711. The Hall–Kier alpha value is -3.24. The molecule has 29 heavy (non-hydrogen) atoms. The monoisotopic (exact) mass is 389 g/mol. The van der Waals surface area contributed by atoms with Gasteiger partial charge in [0, 0.05) is 25.0 Å². The van der Waals surface area contributed by atoms with E-state index in [1.165, 1.54) is 5.56 Å². The van der Waals surface area contributed by atoms with Gasteiger partial charge in [-0.25, -0.2) is 0 Å². The summed E-state index contributed by atoms with van der Waals surface area (Å²) < 4.78 is 5.44. The van der Waals surface area contributed by atoms with Crippen molar-refractivity contribution in [1.29, 1.82) is 0 Å². The van der Waals surface area contributed by atoms with Crippen molar-refractivity contribution in [3.63, 3.8) is 0 Å². The van der Waals surface area contributed by atoms with Crippen LogP contribution in [0, 0.1) is 0 Å². The van der Waals surface area contributed by atoms with Gasteiger partial charge in [-0.05, 0) is 36.6 Å². The van der Waals surface area contributed by atoms with Gasteiger partial charge in [-0.1, -0.05) is 72.9 Å². The number of nitrogens with two attached hydrogens (primary N) is 1. The third kappa shape index (κ3) is 9.00. The summed E-state index contributed by atoms with van der Waals surface area (Å²) >= 11 is 0. The lowest BCUT2D eigenvalue weighted by atomic mass is 10.1. The number of hydrogen-bond donors (Lipinski definition) is 3. The molecule has 0 aliphatic heterocycles. The summed E-state index contributed by atoms with van der Waals surface area (Å²) in [7, 11) is 1.66. The Morgan fingerprint density at radius 2 is 1.76 bits per heavy atom. The smallest absolute Gasteiger partial charge is 0.142 e. The normalized spacial score (nSPS) is 12.3. The zero-order valence-electron chi connectivity index (χ0n) is 17.3. The summed E-state index contributed by atoms with van der Waals surface area (Å²) in [6.07, 6.45) is 15.3. The van der Waals surface area contributed by atoms with Crippen molar-refractivity contribution >= 4 is 11.8 Å². The topological polar surface area (TPSA) is 59.3 Å². The zero-order chi connectivity index (χ0) is 20.7. The van der Waals surface area contributed by atoms with E-state index in [0.29, 0.717) is 5.70 Å². The Balaban J connectivity index is 1.69. The van der Waals surface area contributed by atoms with E-state index in [4.69, 9.17) is 10.5 Å². The van der Waals surface area contributed by atoms with E-state index < -0.39 is 0 Å². The van der Waals surface area contributed by atoms with Gasteiger partial charge in [0.05, 0.1) is 12.8 Å². The van der Waals surface area contributed by atoms with Crippen molar-refractivity contribution in [2.75, 3.05) is 25.5 Å². The number of nitrogens with one attached hydrogen (secondary N) is 2. The van der Waals surface area contributed by atoms with Crippen LogP contribution in [0.3, 0.4) is 0 Å². The first-order valence-electron chi connectivity index (χ1n) is 9.78. The number of anilines is 1. The van der Waals surface area contributed by atoms with Crippen LogP contribution in [0.4, 0.5) is 5.69 Å². The van der Waals surface area contributed by atoms with Crippen LogP contribution in [0.1, 0.15) is 18.1 Å². The molecular weight excluding hydrogens is 358 g/mol. The number of benzene rings is 2. The molecule has 4 nitrogen and oxygen atoms in total. The third-order valence-electron chi connectivity index (χ3n) is 4.10. The first kappa shape index (κ1) is 22.1. The second-order valence-electron chi connectivity index (χ2n) is 6.60. The lowest BCUT2D eigenvalue weighted by Crippen LogP contribution is -2.12. The summed E-state index contributed by atoms with van der Waals surface area (Å²) in [6, 6.07) is 16.5. The molecule has 0 aliphatic carbocycles. The fourth-order valence-electron chi connectivity index (χ4n) is 2.61. The van der Waals surface area contributed by atoms with Crippen LogP contribution >= 0.6 is 0 Å². The van der Waals surface area contributed by atoms with Crippen LogP contribution in [0.25, 0.3) is 6.08 Å². The predicted octanol–water partition coefficient (Wildman–Crippen LogP) is 4.89. The van der Waals surface area contributed by atoms with Gasteiger partial charge in [0.15, 0.2) is 0 Å². The number of hydrogen-bond acceptors (Lipinski definition) is 4. The first-order valence-corrected chi connectivity index (χ1v) is 9.78. The highest BCUT2D eigenvalue weighted by atomic mass is 16.5. The summed E-state index contributed by atoms with van der Waals surface area (Å²) in [5.41, 5.74) is 9.67. The molecule has 4 heteroatoms. The van der Waals surface area contributed by atoms with Crippen LogP contribution in [-0.2, 0) is 6.42 Å². The molecule has 0 atom stereocenters. The van der Waals surface area contributed by atoms with Crippen LogP contribution in [0.15, 0.2) is 90.8 Å². The van der Waals surface area contributed by atoms with Crippen molar-refractivity contribution in [2.24, 2.45) is 5.73 Å². The molecule has 0 amide bonds. The van der Waals surface area contributed by atoms with Gasteiger partial charge in [0.2, 0.25) is 0 Å². The summed E-state index contributed by atoms with van der Waals surface area (Å²) in [4.78, 5) is 0. The Kier molecular flexibility index (Phi) is 9.90. The summed E-state index contributed by atoms with van der Waals surface area (Å²) in [5.74, 6) is 0.780. The van der Waals surface area contributed by atoms with Gasteiger partial charge < -0.3 is 21.1 Å². The van der Waals surface area contributed by atoms with Crippen LogP contribution in [0.2, 0.25) is 0 Å². The van der Waals surface area contributed by atoms with Gasteiger partial charge in [-0.3, -0.25) is 0 Å². The molecule has 0 radical (unpaired) electrons. The highest BCUT2D eigenvalue weighted by Gasteiger charge is 2.01. The van der Waals surface area contributed by atoms with E-state index in [9.17, 15) is 0 Å². The fourth-order valence-corrected chi connectivity index (χ4v) is 2.61. The van der Waals surface area contributed by atoms with E-state index in [2.05, 4.69) is 71.4 Å². The number of rotatable bonds is 11. The summed E-state index contributed by atoms with van der Waals surface area (Å²) in [6.45, 7) is 3.46. The van der Waals surface area contributed by atoms with Crippen molar-refractivity contribution in [3.05, 3.63) is 102 Å². The maximum Gasteiger partial charge on any atom is 0.142 e. The number of allylic oxidation sites excluding steroid dienone is 4. The molecule has 0 bridgehead atoms. The van der Waals surface area contributed by atoms with E-state index in [-0.39, 0.29) is 0 Å². The average molecular weight is 390 g/mol. The number of ether oxygens (including phenoxy) is 1. The molecule has 0 heterocycles. The molecule has 2 aromatic carbocycles. The zero-order valence-corrected chi connectivity index (χ0v) is 17.3. The summed E-state index contributed by atoms with van der Waals surface area (Å²) in [5, 5.41) is 6.51. The molecule has 2 aromatic rings. The molecule has 0 spiro atoms. The van der Waals surface area contributed by atoms with Crippen LogP contribution in [0.5, 0.6) is 5.75 Å². The minimum Gasteiger partial charge on any atom is -0.495 e. The lowest BCUT2D eigenvalue weighted by molar-refractivity contribution is 0.416. The fraction of sp³-hybridized carbons (Fsp3) is 0.200. The molecule has 0 aromatic heterocycles. The minimum atomic E-state index is 0.711. The van der Waals surface area contributed by atoms with E-state index in [1.54, 1.807) is 13.3 Å². The molecule has 2 rings (SSSR count). The molecule has 0 saturated heterocycles. The lowest BCUT2D eigenvalue weighted by Gasteiger charge is -2.09. The maximum absolute atomic E-state index is 5.66. The largest absolute Gasteiger partial charge is 0.495 e. The quantitative estimate of drug-likeness (QED) is 0.378. The van der Waals surface area contributed by atoms with E-state index in [1.807, 2.05) is 31.2 Å². The van der Waals surface area contributed by atoms with Gasteiger partial charge in [0.25, 0.3) is 0 Å². The second-order valence-corrected chi connectivity index (χ2v) is 6.60. The number of methoxy groups -OCH3 is 1. The van der Waals surface area contributed by atoms with E-state index >= 15 is 0 Å². The maximum atomic E-state index is 5.66. The second kappa shape index (κ2) is 13.0. The first-order chi connectivity index (χ1) is 14.2. The molecule has 0 aliphatic rings. The van der Waals surface area contributed by atoms with Crippen molar-refractivity contribution in [1.82, 2.24) is 5.32 Å². The van der Waals surface area contributed by atoms with Crippen molar-refractivity contribution in [3.8, 4) is 5.75 Å². The van der Waals surface area contributed by atoms with Crippen molar-refractivity contribution in [2.45, 2.75) is 13.3 Å². The highest BCUT2D eigenvalue weighted by molar-refractivity contribution is 5.64. The van der Waals surface area contributed by atoms with Gasteiger partial charge in [-0.15, -0.1) is 0 Å². The Morgan fingerprint density at radius 1 is 1.00 bits per heavy atom. The molecule has 4 N–H and O–H groups in total. The molecule has 0 unspecified atom stereocenters. The SMILES string of the molecule is COc1cc(/C=C/CNC/C=C/C=C\Cc2ccccc2)ccc1N/C=C(/C)N. The van der Waals surface area contributed by atoms with Crippen LogP contribution in [-0.4, -0.2) is 20.2 Å². The predicted molar refractivity (Wildman–Crippen MR) is 125 cm³/mol. The molecular formula is C25H31N3O. The van der Waals surface area contributed by atoms with E-state index in [0.717, 1.165) is 36.5 Å². The Morgan fingerprint density at radius 3 is 2.52 bits per heavy atom. The van der Waals surface area contributed by atoms with Gasteiger partial charge in [-0.2, -0.15) is 0 Å². The Bertz CT molecular complexity index is 848.